The van der Waals surface area contributed by atoms with E-state index in [1.54, 1.807) is 0 Å². The smallest absolute Gasteiger partial charge is 0.0438 e. The van der Waals surface area contributed by atoms with E-state index in [2.05, 4.69) is 37.3 Å². The van der Waals surface area contributed by atoms with Crippen LogP contribution in [0.15, 0.2) is 42.5 Å². The van der Waals surface area contributed by atoms with Gasteiger partial charge in [0.15, 0.2) is 0 Å². The SMILES string of the molecule is Cc1cc(-c2ccccc2)c(C)cc1Cl. The molecule has 0 aliphatic heterocycles. The van der Waals surface area contributed by atoms with Gasteiger partial charge in [-0.05, 0) is 48.2 Å². The van der Waals surface area contributed by atoms with Crippen molar-refractivity contribution in [2.75, 3.05) is 0 Å². The lowest BCUT2D eigenvalue weighted by atomic mass is 9.98. The lowest BCUT2D eigenvalue weighted by Crippen LogP contribution is -1.85. The summed E-state index contributed by atoms with van der Waals surface area (Å²) in [5, 5.41) is 0.840. The number of aryl methyl sites for hydroxylation is 2. The fourth-order valence-electron chi connectivity index (χ4n) is 1.71. The van der Waals surface area contributed by atoms with Crippen molar-refractivity contribution in [2.45, 2.75) is 13.8 Å². The summed E-state index contributed by atoms with van der Waals surface area (Å²) in [6, 6.07) is 14.6. The molecule has 0 N–H and O–H groups in total. The van der Waals surface area contributed by atoms with Crippen molar-refractivity contribution < 1.29 is 0 Å². The van der Waals surface area contributed by atoms with Gasteiger partial charge >= 0.3 is 0 Å². The Hall–Kier alpha value is -1.27. The van der Waals surface area contributed by atoms with Gasteiger partial charge in [-0.15, -0.1) is 0 Å². The first-order valence-electron chi connectivity index (χ1n) is 5.00. The zero-order valence-corrected chi connectivity index (χ0v) is 9.68. The topological polar surface area (TPSA) is 0 Å². The second-order valence-corrected chi connectivity index (χ2v) is 4.19. The van der Waals surface area contributed by atoms with E-state index in [0.717, 1.165) is 10.6 Å². The van der Waals surface area contributed by atoms with Gasteiger partial charge in [-0.2, -0.15) is 0 Å². The molecule has 0 aliphatic carbocycles. The number of hydrogen-bond acceptors (Lipinski definition) is 0. The summed E-state index contributed by atoms with van der Waals surface area (Å²) in [4.78, 5) is 0. The van der Waals surface area contributed by atoms with Crippen LogP contribution in [0.4, 0.5) is 0 Å². The van der Waals surface area contributed by atoms with Crippen molar-refractivity contribution in [1.29, 1.82) is 0 Å². The monoisotopic (exact) mass is 216 g/mol. The highest BCUT2D eigenvalue weighted by Gasteiger charge is 2.04. The first-order valence-corrected chi connectivity index (χ1v) is 5.38. The molecule has 2 rings (SSSR count). The fourth-order valence-corrected chi connectivity index (χ4v) is 1.93. The van der Waals surface area contributed by atoms with Crippen LogP contribution in [0.25, 0.3) is 11.1 Å². The first kappa shape index (κ1) is 10.3. The maximum atomic E-state index is 6.07. The van der Waals surface area contributed by atoms with Gasteiger partial charge in [-0.25, -0.2) is 0 Å². The number of rotatable bonds is 1. The van der Waals surface area contributed by atoms with Gasteiger partial charge in [0.1, 0.15) is 0 Å². The van der Waals surface area contributed by atoms with Crippen molar-refractivity contribution in [3.05, 3.63) is 58.6 Å². The molecule has 0 saturated carbocycles. The molecule has 0 amide bonds. The van der Waals surface area contributed by atoms with Gasteiger partial charge in [0.05, 0.1) is 0 Å². The lowest BCUT2D eigenvalue weighted by molar-refractivity contribution is 1.39. The standard InChI is InChI=1S/C14H13Cl/c1-10-9-14(15)11(2)8-13(10)12-6-4-3-5-7-12/h3-9H,1-2H3. The Morgan fingerprint density at radius 3 is 2.20 bits per heavy atom. The van der Waals surface area contributed by atoms with Crippen LogP contribution in [-0.2, 0) is 0 Å². The molecule has 0 aliphatic rings. The largest absolute Gasteiger partial charge is 0.0840 e. The van der Waals surface area contributed by atoms with E-state index < -0.39 is 0 Å². The third-order valence-corrected chi connectivity index (χ3v) is 3.00. The lowest BCUT2D eigenvalue weighted by Gasteiger charge is -2.08. The molecule has 0 saturated heterocycles. The second-order valence-electron chi connectivity index (χ2n) is 3.78. The molecule has 0 spiro atoms. The van der Waals surface area contributed by atoms with Crippen molar-refractivity contribution in [2.24, 2.45) is 0 Å². The minimum absolute atomic E-state index is 0.840. The van der Waals surface area contributed by atoms with E-state index >= 15 is 0 Å². The molecule has 0 aromatic heterocycles. The van der Waals surface area contributed by atoms with E-state index in [0.29, 0.717) is 0 Å². The quantitative estimate of drug-likeness (QED) is 0.652. The normalized spacial score (nSPS) is 10.3. The number of halogens is 1. The van der Waals surface area contributed by atoms with E-state index in [4.69, 9.17) is 11.6 Å². The third kappa shape index (κ3) is 2.05. The highest BCUT2D eigenvalue weighted by Crippen LogP contribution is 2.28. The minimum atomic E-state index is 0.840. The first-order chi connectivity index (χ1) is 7.18. The van der Waals surface area contributed by atoms with Gasteiger partial charge in [0.25, 0.3) is 0 Å². The fraction of sp³-hybridized carbons (Fsp3) is 0.143. The zero-order chi connectivity index (χ0) is 10.8. The molecule has 0 atom stereocenters. The van der Waals surface area contributed by atoms with Crippen LogP contribution in [0.3, 0.4) is 0 Å². The van der Waals surface area contributed by atoms with E-state index in [1.807, 2.05) is 19.1 Å². The van der Waals surface area contributed by atoms with Gasteiger partial charge in [0.2, 0.25) is 0 Å². The van der Waals surface area contributed by atoms with Crippen LogP contribution in [0, 0.1) is 13.8 Å². The van der Waals surface area contributed by atoms with Crippen molar-refractivity contribution in [1.82, 2.24) is 0 Å². The Bertz CT molecular complexity index is 472. The Morgan fingerprint density at radius 2 is 1.53 bits per heavy atom. The molecule has 0 radical (unpaired) electrons. The van der Waals surface area contributed by atoms with Crippen LogP contribution in [-0.4, -0.2) is 0 Å². The Balaban J connectivity index is 2.59. The van der Waals surface area contributed by atoms with Crippen molar-refractivity contribution >= 4 is 11.6 Å². The van der Waals surface area contributed by atoms with Gasteiger partial charge < -0.3 is 0 Å². The van der Waals surface area contributed by atoms with Crippen LogP contribution >= 0.6 is 11.6 Å². The summed E-state index contributed by atoms with van der Waals surface area (Å²) < 4.78 is 0. The van der Waals surface area contributed by atoms with Crippen molar-refractivity contribution in [3.8, 4) is 11.1 Å². The average molecular weight is 217 g/mol. The maximum Gasteiger partial charge on any atom is 0.0438 e. The van der Waals surface area contributed by atoms with Crippen LogP contribution in [0.5, 0.6) is 0 Å². The molecule has 0 bridgehead atoms. The molecule has 0 heterocycles. The van der Waals surface area contributed by atoms with Gasteiger partial charge in [-0.3, -0.25) is 0 Å². The maximum absolute atomic E-state index is 6.07. The highest BCUT2D eigenvalue weighted by molar-refractivity contribution is 6.31. The molecule has 76 valence electrons. The summed E-state index contributed by atoms with van der Waals surface area (Å²) in [7, 11) is 0. The van der Waals surface area contributed by atoms with E-state index in [-0.39, 0.29) is 0 Å². The molecule has 15 heavy (non-hydrogen) atoms. The van der Waals surface area contributed by atoms with E-state index in [9.17, 15) is 0 Å². The Labute approximate surface area is 95.5 Å². The van der Waals surface area contributed by atoms with Gasteiger partial charge in [-0.1, -0.05) is 41.9 Å². The number of benzene rings is 2. The number of hydrogen-bond donors (Lipinski definition) is 0. The molecule has 1 heteroatoms. The predicted molar refractivity (Wildman–Crippen MR) is 66.4 cm³/mol. The summed E-state index contributed by atoms with van der Waals surface area (Å²) in [6.45, 7) is 4.13. The van der Waals surface area contributed by atoms with E-state index in [1.165, 1.54) is 16.7 Å². The van der Waals surface area contributed by atoms with Crippen LogP contribution < -0.4 is 0 Å². The Kier molecular flexibility index (Phi) is 2.79. The molecule has 0 unspecified atom stereocenters. The van der Waals surface area contributed by atoms with Gasteiger partial charge in [0, 0.05) is 5.02 Å². The molecule has 2 aromatic rings. The van der Waals surface area contributed by atoms with Crippen molar-refractivity contribution in [3.63, 3.8) is 0 Å². The summed E-state index contributed by atoms with van der Waals surface area (Å²) in [5.74, 6) is 0. The van der Waals surface area contributed by atoms with Crippen LogP contribution in [0.1, 0.15) is 11.1 Å². The zero-order valence-electron chi connectivity index (χ0n) is 8.92. The summed E-state index contributed by atoms with van der Waals surface area (Å²) in [6.07, 6.45) is 0. The summed E-state index contributed by atoms with van der Waals surface area (Å²) in [5.41, 5.74) is 4.85. The molecule has 0 nitrogen and oxygen atoms in total. The average Bonchev–Trinajstić information content (AvgIpc) is 2.25. The minimum Gasteiger partial charge on any atom is -0.0840 e. The van der Waals surface area contributed by atoms with Crippen LogP contribution in [0.2, 0.25) is 5.02 Å². The highest BCUT2D eigenvalue weighted by atomic mass is 35.5. The summed E-state index contributed by atoms with van der Waals surface area (Å²) >= 11 is 6.07. The molecular formula is C14H13Cl. The second kappa shape index (κ2) is 4.08. The molecule has 0 fully saturated rings. The molecule has 2 aromatic carbocycles. The molecular weight excluding hydrogens is 204 g/mol. The third-order valence-electron chi connectivity index (χ3n) is 2.59. The Morgan fingerprint density at radius 1 is 0.867 bits per heavy atom. The predicted octanol–water partition coefficient (Wildman–Crippen LogP) is 4.62.